The molecule has 6 nitrogen and oxygen atoms in total. The highest BCUT2D eigenvalue weighted by Gasteiger charge is 2.47. The minimum Gasteiger partial charge on any atom is -0.468 e. The number of hydroxylamine groups is 4. The fraction of sp³-hybridized carbons (Fsp3) is 0.588. The first kappa shape index (κ1) is 20.1. The van der Waals surface area contributed by atoms with Crippen LogP contribution in [0.15, 0.2) is 12.1 Å². The summed E-state index contributed by atoms with van der Waals surface area (Å²) in [6.45, 7) is 2.66. The van der Waals surface area contributed by atoms with Crippen molar-refractivity contribution in [3.8, 4) is 0 Å². The predicted octanol–water partition coefficient (Wildman–Crippen LogP) is 2.59. The summed E-state index contributed by atoms with van der Waals surface area (Å²) in [7, 11) is 2.85. The maximum atomic E-state index is 14.3. The van der Waals surface area contributed by atoms with E-state index in [9.17, 15) is 14.4 Å². The van der Waals surface area contributed by atoms with Crippen LogP contribution in [0.3, 0.4) is 0 Å². The number of hydrogen-bond donors (Lipinski definition) is 1. The Morgan fingerprint density at radius 1 is 1.40 bits per heavy atom. The maximum Gasteiger partial charge on any atom is 0.328 e. The van der Waals surface area contributed by atoms with E-state index >= 15 is 0 Å². The maximum absolute atomic E-state index is 14.3. The molecule has 1 saturated heterocycles. The molecule has 0 radical (unpaired) electrons. The van der Waals surface area contributed by atoms with Gasteiger partial charge in [0, 0.05) is 30.2 Å². The Labute approximate surface area is 152 Å². The van der Waals surface area contributed by atoms with Gasteiger partial charge in [0.2, 0.25) is 0 Å². The molecule has 0 unspecified atom stereocenters. The Kier molecular flexibility index (Phi) is 6.76. The number of carbonyl (C=O) groups is 1. The molecule has 2 rings (SSSR count). The van der Waals surface area contributed by atoms with Crippen LogP contribution in [0.4, 0.5) is 4.39 Å². The highest BCUT2D eigenvalue weighted by atomic mass is 35.5. The number of ether oxygens (including phenoxy) is 1. The average Bonchev–Trinajstić information content (AvgIpc) is 2.63. The summed E-state index contributed by atoms with van der Waals surface area (Å²) in [4.78, 5) is 17.5. The SMILES string of the molecule is COC(=O)C1(N(O)CCc2c(Cl)ccc(C)c2F)CCN(OC)CC1. The van der Waals surface area contributed by atoms with Gasteiger partial charge in [0.15, 0.2) is 0 Å². The summed E-state index contributed by atoms with van der Waals surface area (Å²) < 4.78 is 19.2. The lowest BCUT2D eigenvalue weighted by molar-refractivity contribution is -0.229. The van der Waals surface area contributed by atoms with Crippen LogP contribution in [-0.4, -0.2) is 60.7 Å². The van der Waals surface area contributed by atoms with Crippen LogP contribution in [-0.2, 0) is 20.8 Å². The Hall–Kier alpha value is -1.25. The molecule has 8 heteroatoms. The zero-order valence-corrected chi connectivity index (χ0v) is 15.5. The van der Waals surface area contributed by atoms with Gasteiger partial charge < -0.3 is 14.8 Å². The first-order valence-corrected chi connectivity index (χ1v) is 8.51. The molecule has 0 amide bonds. The normalized spacial score (nSPS) is 17.7. The molecule has 0 spiro atoms. The van der Waals surface area contributed by atoms with E-state index in [1.807, 2.05) is 0 Å². The molecule has 1 N–H and O–H groups in total. The van der Waals surface area contributed by atoms with Gasteiger partial charge in [-0.15, -0.1) is 0 Å². The van der Waals surface area contributed by atoms with Gasteiger partial charge in [-0.2, -0.15) is 10.1 Å². The smallest absolute Gasteiger partial charge is 0.328 e. The second-order valence-corrected chi connectivity index (χ2v) is 6.57. The molecule has 1 aliphatic heterocycles. The van der Waals surface area contributed by atoms with Crippen molar-refractivity contribution in [3.63, 3.8) is 0 Å². The van der Waals surface area contributed by atoms with Gasteiger partial charge in [-0.25, -0.2) is 9.18 Å². The van der Waals surface area contributed by atoms with Crippen LogP contribution < -0.4 is 0 Å². The Morgan fingerprint density at radius 3 is 2.60 bits per heavy atom. The second-order valence-electron chi connectivity index (χ2n) is 6.16. The van der Waals surface area contributed by atoms with Crippen LogP contribution in [0.5, 0.6) is 0 Å². The standard InChI is InChI=1S/C17H24ClFN2O4/c1-12-4-5-14(18)13(15(12)19)6-9-21(23)17(16(22)24-2)7-10-20(25-3)11-8-17/h4-5,23H,6-11H2,1-3H3. The molecule has 0 aliphatic carbocycles. The summed E-state index contributed by atoms with van der Waals surface area (Å²) in [6, 6.07) is 3.23. The molecule has 0 bridgehead atoms. The zero-order chi connectivity index (χ0) is 18.6. The largest absolute Gasteiger partial charge is 0.468 e. The molecule has 1 fully saturated rings. The lowest BCUT2D eigenvalue weighted by atomic mass is 9.87. The van der Waals surface area contributed by atoms with E-state index in [4.69, 9.17) is 21.2 Å². The van der Waals surface area contributed by atoms with Crippen LogP contribution in [0, 0.1) is 12.7 Å². The van der Waals surface area contributed by atoms with Crippen molar-refractivity contribution in [3.05, 3.63) is 34.1 Å². The minimum absolute atomic E-state index is 0.0577. The zero-order valence-electron chi connectivity index (χ0n) is 14.7. The van der Waals surface area contributed by atoms with E-state index in [-0.39, 0.29) is 18.8 Å². The van der Waals surface area contributed by atoms with E-state index in [1.54, 1.807) is 31.2 Å². The van der Waals surface area contributed by atoms with Gasteiger partial charge in [0.05, 0.1) is 14.2 Å². The highest BCUT2D eigenvalue weighted by Crippen LogP contribution is 2.30. The molecule has 1 aliphatic rings. The number of benzene rings is 1. The Balaban J connectivity index is 2.15. The van der Waals surface area contributed by atoms with Crippen molar-refractivity contribution in [1.29, 1.82) is 0 Å². The Bertz CT molecular complexity index is 621. The van der Waals surface area contributed by atoms with Gasteiger partial charge in [-0.05, 0) is 37.8 Å². The van der Waals surface area contributed by atoms with Crippen LogP contribution in [0.2, 0.25) is 5.02 Å². The van der Waals surface area contributed by atoms with Crippen molar-refractivity contribution in [2.75, 3.05) is 33.9 Å². The predicted molar refractivity (Wildman–Crippen MR) is 90.9 cm³/mol. The van der Waals surface area contributed by atoms with E-state index in [0.29, 0.717) is 42.1 Å². The van der Waals surface area contributed by atoms with E-state index in [2.05, 4.69) is 0 Å². The first-order chi connectivity index (χ1) is 11.9. The third-order valence-electron chi connectivity index (χ3n) is 4.82. The number of methoxy groups -OCH3 is 1. The van der Waals surface area contributed by atoms with Crippen molar-refractivity contribution in [2.24, 2.45) is 0 Å². The van der Waals surface area contributed by atoms with Gasteiger partial charge in [0.1, 0.15) is 11.4 Å². The quantitative estimate of drug-likeness (QED) is 0.610. The number of nitrogens with zero attached hydrogens (tertiary/aromatic N) is 2. The number of aryl methyl sites for hydroxylation is 1. The fourth-order valence-corrected chi connectivity index (χ4v) is 3.41. The van der Waals surface area contributed by atoms with Crippen molar-refractivity contribution < 1.29 is 24.0 Å². The fourth-order valence-electron chi connectivity index (χ4n) is 3.17. The van der Waals surface area contributed by atoms with Crippen LogP contribution in [0.25, 0.3) is 0 Å². The lowest BCUT2D eigenvalue weighted by Gasteiger charge is -2.42. The number of esters is 1. The second kappa shape index (κ2) is 8.42. The Morgan fingerprint density at radius 2 is 2.04 bits per heavy atom. The molecular formula is C17H24ClFN2O4. The lowest BCUT2D eigenvalue weighted by Crippen LogP contribution is -2.59. The number of rotatable bonds is 6. The number of carbonyl (C=O) groups excluding carboxylic acids is 1. The molecule has 140 valence electrons. The highest BCUT2D eigenvalue weighted by molar-refractivity contribution is 6.31. The van der Waals surface area contributed by atoms with Gasteiger partial charge in [-0.3, -0.25) is 0 Å². The molecule has 0 aromatic heterocycles. The van der Waals surface area contributed by atoms with E-state index < -0.39 is 11.5 Å². The van der Waals surface area contributed by atoms with Gasteiger partial charge in [0.25, 0.3) is 0 Å². The molecule has 1 heterocycles. The third kappa shape index (κ3) is 4.12. The van der Waals surface area contributed by atoms with E-state index in [1.165, 1.54) is 7.11 Å². The molecule has 0 atom stereocenters. The molecule has 1 aromatic carbocycles. The van der Waals surface area contributed by atoms with Crippen molar-refractivity contribution in [2.45, 2.75) is 31.7 Å². The van der Waals surface area contributed by atoms with E-state index in [0.717, 1.165) is 5.06 Å². The molecule has 0 saturated carbocycles. The molecular weight excluding hydrogens is 351 g/mol. The molecule has 25 heavy (non-hydrogen) atoms. The van der Waals surface area contributed by atoms with Crippen LogP contribution in [0.1, 0.15) is 24.0 Å². The van der Waals surface area contributed by atoms with Gasteiger partial charge >= 0.3 is 5.97 Å². The number of piperidine rings is 1. The molecule has 1 aromatic rings. The number of halogens is 2. The summed E-state index contributed by atoms with van der Waals surface area (Å²) in [6.07, 6.45) is 0.859. The first-order valence-electron chi connectivity index (χ1n) is 8.13. The monoisotopic (exact) mass is 374 g/mol. The number of hydrogen-bond acceptors (Lipinski definition) is 6. The summed E-state index contributed by atoms with van der Waals surface area (Å²) in [5, 5.41) is 13.6. The minimum atomic E-state index is -1.17. The average molecular weight is 375 g/mol. The van der Waals surface area contributed by atoms with Crippen molar-refractivity contribution >= 4 is 17.6 Å². The van der Waals surface area contributed by atoms with Gasteiger partial charge in [-0.1, -0.05) is 17.7 Å². The topological polar surface area (TPSA) is 62.2 Å². The summed E-state index contributed by atoms with van der Waals surface area (Å²) in [5.74, 6) is -0.899. The van der Waals surface area contributed by atoms with Crippen molar-refractivity contribution in [1.82, 2.24) is 10.1 Å². The summed E-state index contributed by atoms with van der Waals surface area (Å²) in [5.41, 5.74) is -0.355. The van der Waals surface area contributed by atoms with Crippen LogP contribution >= 0.6 is 11.6 Å². The third-order valence-corrected chi connectivity index (χ3v) is 5.17. The summed E-state index contributed by atoms with van der Waals surface area (Å²) >= 11 is 6.08.